The molecule has 2 amide bonds. The number of carbonyl (C=O) groups excluding carboxylic acids is 3. The van der Waals surface area contributed by atoms with Crippen molar-refractivity contribution in [3.63, 3.8) is 0 Å². The average molecular weight is 386 g/mol. The fourth-order valence-corrected chi connectivity index (χ4v) is 4.00. The first-order chi connectivity index (χ1) is 12.8. The van der Waals surface area contributed by atoms with Crippen molar-refractivity contribution in [2.45, 2.75) is 39.8 Å². The fraction of sp³-hybridized carbons (Fsp3) is 0.350. The Morgan fingerprint density at radius 2 is 1.93 bits per heavy atom. The number of hydrogen-bond acceptors (Lipinski definition) is 5. The smallest absolute Gasteiger partial charge is 0.329 e. The van der Waals surface area contributed by atoms with Gasteiger partial charge in [0, 0.05) is 28.7 Å². The zero-order valence-corrected chi connectivity index (χ0v) is 16.6. The predicted octanol–water partition coefficient (Wildman–Crippen LogP) is 4.21. The van der Waals surface area contributed by atoms with Gasteiger partial charge in [-0.15, -0.1) is 0 Å². The van der Waals surface area contributed by atoms with Gasteiger partial charge >= 0.3 is 5.97 Å². The normalized spacial score (nSPS) is 17.4. The van der Waals surface area contributed by atoms with E-state index >= 15 is 0 Å². The Morgan fingerprint density at radius 1 is 1.22 bits per heavy atom. The van der Waals surface area contributed by atoms with E-state index in [9.17, 15) is 14.4 Å². The Labute approximate surface area is 162 Å². The highest BCUT2D eigenvalue weighted by Crippen LogP contribution is 2.35. The van der Waals surface area contributed by atoms with Crippen LogP contribution in [0.15, 0.2) is 35.4 Å². The van der Waals surface area contributed by atoms with E-state index in [-0.39, 0.29) is 12.6 Å². The Hall–Kier alpha value is -2.54. The lowest BCUT2D eigenvalue weighted by Gasteiger charge is -2.19. The topological polar surface area (TPSA) is 68.6 Å². The van der Waals surface area contributed by atoms with Gasteiger partial charge in [-0.2, -0.15) is 0 Å². The molecule has 142 valence electrons. The van der Waals surface area contributed by atoms with E-state index in [0.717, 1.165) is 33.1 Å². The molecule has 1 atom stereocenters. The van der Waals surface area contributed by atoms with Crippen LogP contribution in [0.4, 0.5) is 4.79 Å². The van der Waals surface area contributed by atoms with Crippen LogP contribution in [-0.4, -0.2) is 39.2 Å². The Balaban J connectivity index is 1.97. The lowest BCUT2D eigenvalue weighted by molar-refractivity contribution is -0.150. The fourth-order valence-electron chi connectivity index (χ4n) is 3.10. The number of aromatic nitrogens is 1. The first-order valence-electron chi connectivity index (χ1n) is 8.88. The summed E-state index contributed by atoms with van der Waals surface area (Å²) in [6.45, 7) is 7.56. The van der Waals surface area contributed by atoms with E-state index < -0.39 is 23.2 Å². The van der Waals surface area contributed by atoms with Crippen LogP contribution in [0, 0.1) is 0 Å². The highest BCUT2D eigenvalue weighted by Gasteiger charge is 2.41. The van der Waals surface area contributed by atoms with Gasteiger partial charge in [-0.05, 0) is 51.6 Å². The van der Waals surface area contributed by atoms with E-state index in [1.807, 2.05) is 30.5 Å². The van der Waals surface area contributed by atoms with Crippen molar-refractivity contribution in [1.29, 1.82) is 0 Å². The molecule has 0 radical (unpaired) electrons. The minimum absolute atomic E-state index is 0.198. The van der Waals surface area contributed by atoms with Crippen molar-refractivity contribution in [3.05, 3.63) is 40.9 Å². The van der Waals surface area contributed by atoms with Gasteiger partial charge in [0.2, 0.25) is 0 Å². The molecule has 1 aliphatic heterocycles. The van der Waals surface area contributed by atoms with Gasteiger partial charge in [-0.25, -0.2) is 4.79 Å². The third kappa shape index (κ3) is 3.51. The molecule has 27 heavy (non-hydrogen) atoms. The molecule has 1 aromatic carbocycles. The van der Waals surface area contributed by atoms with Crippen molar-refractivity contribution < 1.29 is 19.1 Å². The van der Waals surface area contributed by atoms with Gasteiger partial charge in [-0.1, -0.05) is 18.2 Å². The summed E-state index contributed by atoms with van der Waals surface area (Å²) < 4.78 is 7.07. The Kier molecular flexibility index (Phi) is 5.41. The molecule has 0 aliphatic carbocycles. The minimum atomic E-state index is -0.944. The van der Waals surface area contributed by atoms with Crippen LogP contribution < -0.4 is 0 Å². The number of esters is 1. The summed E-state index contributed by atoms with van der Waals surface area (Å²) in [4.78, 5) is 38.3. The summed E-state index contributed by atoms with van der Waals surface area (Å²) >= 11 is 0.848. The monoisotopic (exact) mass is 386 g/mol. The number of hydrogen-bond donors (Lipinski definition) is 0. The van der Waals surface area contributed by atoms with Gasteiger partial charge in [0.1, 0.15) is 6.04 Å². The summed E-state index contributed by atoms with van der Waals surface area (Å²) in [5.41, 5.74) is 1.94. The molecular formula is C20H22N2O4S. The number of para-hydroxylation sites is 1. The number of ether oxygens (including phenoxy) is 1. The number of thioether (sulfide) groups is 1. The molecule has 2 heterocycles. The van der Waals surface area contributed by atoms with Crippen LogP contribution in [0.3, 0.4) is 0 Å². The van der Waals surface area contributed by atoms with Gasteiger partial charge in [0.25, 0.3) is 11.1 Å². The lowest BCUT2D eigenvalue weighted by Crippen LogP contribution is -2.42. The van der Waals surface area contributed by atoms with Gasteiger partial charge in [-0.3, -0.25) is 14.5 Å². The molecule has 3 rings (SSSR count). The third-order valence-electron chi connectivity index (χ3n) is 4.45. The minimum Gasteiger partial charge on any atom is -0.464 e. The third-order valence-corrected chi connectivity index (χ3v) is 5.34. The Morgan fingerprint density at radius 3 is 2.59 bits per heavy atom. The molecule has 0 spiro atoms. The zero-order valence-electron chi connectivity index (χ0n) is 15.8. The van der Waals surface area contributed by atoms with Crippen molar-refractivity contribution in [2.75, 3.05) is 6.61 Å². The van der Waals surface area contributed by atoms with Crippen LogP contribution in [0.2, 0.25) is 0 Å². The molecule has 1 fully saturated rings. The van der Waals surface area contributed by atoms with Crippen molar-refractivity contribution in [2.24, 2.45) is 0 Å². The summed E-state index contributed by atoms with van der Waals surface area (Å²) in [6.07, 6.45) is 3.71. The van der Waals surface area contributed by atoms with Crippen molar-refractivity contribution in [3.8, 4) is 0 Å². The molecule has 6 nitrogen and oxygen atoms in total. The van der Waals surface area contributed by atoms with Crippen LogP contribution in [0.5, 0.6) is 0 Å². The number of carbonyl (C=O) groups is 3. The summed E-state index contributed by atoms with van der Waals surface area (Å²) in [7, 11) is 0. The molecule has 0 unspecified atom stereocenters. The average Bonchev–Trinajstić information content (AvgIpc) is 3.13. The van der Waals surface area contributed by atoms with Gasteiger partial charge in [0.15, 0.2) is 0 Å². The molecule has 7 heteroatoms. The van der Waals surface area contributed by atoms with Crippen LogP contribution in [0.1, 0.15) is 39.3 Å². The highest BCUT2D eigenvalue weighted by atomic mass is 32.2. The van der Waals surface area contributed by atoms with E-state index in [0.29, 0.717) is 4.91 Å². The van der Waals surface area contributed by atoms with Gasteiger partial charge < -0.3 is 9.30 Å². The maximum absolute atomic E-state index is 12.7. The quantitative estimate of drug-likeness (QED) is 0.569. The van der Waals surface area contributed by atoms with Crippen molar-refractivity contribution >= 4 is 45.9 Å². The number of benzene rings is 1. The standard InChI is InChI=1S/C20H22N2O4S/c1-5-26-19(24)13(4)22-18(23)17(27-20(22)25)10-14-11-21(12(2)3)16-9-7-6-8-15(14)16/h6-13H,5H2,1-4H3/b17-10+/t13-/m1/s1. The molecule has 1 aliphatic rings. The van der Waals surface area contributed by atoms with Crippen LogP contribution in [0.25, 0.3) is 17.0 Å². The van der Waals surface area contributed by atoms with E-state index in [1.54, 1.807) is 13.0 Å². The Bertz CT molecular complexity index is 945. The summed E-state index contributed by atoms with van der Waals surface area (Å²) in [6, 6.07) is 7.25. The maximum atomic E-state index is 12.7. The molecular weight excluding hydrogens is 364 g/mol. The van der Waals surface area contributed by atoms with E-state index in [2.05, 4.69) is 18.4 Å². The number of amides is 2. The molecule has 1 aromatic heterocycles. The van der Waals surface area contributed by atoms with Crippen molar-refractivity contribution in [1.82, 2.24) is 9.47 Å². The first kappa shape index (κ1) is 19.2. The number of fused-ring (bicyclic) bond motifs is 1. The van der Waals surface area contributed by atoms with Crippen LogP contribution >= 0.6 is 11.8 Å². The zero-order chi connectivity index (χ0) is 19.7. The van der Waals surface area contributed by atoms with Gasteiger partial charge in [0.05, 0.1) is 11.5 Å². The van der Waals surface area contributed by atoms with E-state index in [4.69, 9.17) is 4.74 Å². The highest BCUT2D eigenvalue weighted by molar-refractivity contribution is 8.18. The molecule has 2 aromatic rings. The lowest BCUT2D eigenvalue weighted by atomic mass is 10.1. The largest absolute Gasteiger partial charge is 0.464 e. The SMILES string of the molecule is CCOC(=O)[C@@H](C)N1C(=O)S/C(=C/c2cn(C(C)C)c3ccccc23)C1=O. The molecule has 0 saturated carbocycles. The summed E-state index contributed by atoms with van der Waals surface area (Å²) in [5, 5.41) is 0.552. The second-order valence-corrected chi connectivity index (χ2v) is 7.58. The molecule has 0 N–H and O–H groups in total. The molecule has 0 bridgehead atoms. The van der Waals surface area contributed by atoms with Crippen LogP contribution in [-0.2, 0) is 14.3 Å². The molecule has 1 saturated heterocycles. The number of rotatable bonds is 5. The second kappa shape index (κ2) is 7.60. The predicted molar refractivity (Wildman–Crippen MR) is 106 cm³/mol. The second-order valence-electron chi connectivity index (χ2n) is 6.58. The van der Waals surface area contributed by atoms with E-state index in [1.165, 1.54) is 6.92 Å². The summed E-state index contributed by atoms with van der Waals surface area (Å²) in [5.74, 6) is -1.05. The number of imide groups is 1. The maximum Gasteiger partial charge on any atom is 0.329 e. The first-order valence-corrected chi connectivity index (χ1v) is 9.70. The number of nitrogens with zero attached hydrogens (tertiary/aromatic N) is 2.